The van der Waals surface area contributed by atoms with Gasteiger partial charge in [0, 0.05) is 0 Å². The molecular formula is C10H20O8S2. The van der Waals surface area contributed by atoms with Crippen molar-refractivity contribution in [2.45, 2.75) is 55.9 Å². The first-order valence-corrected chi connectivity index (χ1v) is 9.06. The van der Waals surface area contributed by atoms with Crippen LogP contribution >= 0.6 is 0 Å². The fraction of sp³-hybridized carbons (Fsp3) is 0.900. The van der Waals surface area contributed by atoms with Gasteiger partial charge in [-0.2, -0.15) is 16.8 Å². The molecule has 0 aromatic rings. The van der Waals surface area contributed by atoms with Gasteiger partial charge < -0.3 is 5.11 Å². The first-order chi connectivity index (χ1) is 9.00. The van der Waals surface area contributed by atoms with Gasteiger partial charge in [-0.05, 0) is 12.8 Å². The summed E-state index contributed by atoms with van der Waals surface area (Å²) in [4.78, 5) is 11.0. The number of hydrogen-bond donors (Lipinski definition) is 3. The average molecular weight is 332 g/mol. The molecule has 10 heteroatoms. The lowest BCUT2D eigenvalue weighted by atomic mass is 10.1. The Morgan fingerprint density at radius 2 is 1.30 bits per heavy atom. The van der Waals surface area contributed by atoms with Gasteiger partial charge in [0.2, 0.25) is 0 Å². The van der Waals surface area contributed by atoms with Crippen LogP contribution in [0.3, 0.4) is 0 Å². The molecule has 0 aromatic carbocycles. The number of rotatable bonds is 10. The van der Waals surface area contributed by atoms with Gasteiger partial charge in [0.05, 0.1) is 0 Å². The minimum atomic E-state index is -5.52. The second kappa shape index (κ2) is 7.34. The third-order valence-electron chi connectivity index (χ3n) is 3.02. The summed E-state index contributed by atoms with van der Waals surface area (Å²) in [6, 6.07) is 0. The highest BCUT2D eigenvalue weighted by Gasteiger charge is 2.61. The van der Waals surface area contributed by atoms with Crippen LogP contribution in [0, 0.1) is 0 Å². The van der Waals surface area contributed by atoms with Crippen LogP contribution in [0.15, 0.2) is 0 Å². The maximum atomic E-state index is 11.1. The molecule has 0 aliphatic carbocycles. The van der Waals surface area contributed by atoms with E-state index >= 15 is 0 Å². The SMILES string of the molecule is CCCCCCCCC(C(=O)O)(S(=O)(=O)O)S(=O)(=O)O. The van der Waals surface area contributed by atoms with Crippen molar-refractivity contribution in [1.29, 1.82) is 0 Å². The molecule has 3 N–H and O–H groups in total. The minimum Gasteiger partial charge on any atom is -0.479 e. The molecule has 0 fully saturated rings. The van der Waals surface area contributed by atoms with Gasteiger partial charge in [0.15, 0.2) is 0 Å². The highest BCUT2D eigenvalue weighted by atomic mass is 32.3. The summed E-state index contributed by atoms with van der Waals surface area (Å²) in [6.07, 6.45) is 2.92. The van der Waals surface area contributed by atoms with E-state index in [-0.39, 0.29) is 6.42 Å². The Balaban J connectivity index is 5.05. The Morgan fingerprint density at radius 1 is 0.900 bits per heavy atom. The van der Waals surface area contributed by atoms with Crippen LogP contribution in [-0.2, 0) is 25.0 Å². The lowest BCUT2D eigenvalue weighted by Gasteiger charge is -2.22. The van der Waals surface area contributed by atoms with Crippen molar-refractivity contribution >= 4 is 26.2 Å². The molecular weight excluding hydrogens is 312 g/mol. The summed E-state index contributed by atoms with van der Waals surface area (Å²) < 4.78 is 58.8. The number of aliphatic carboxylic acids is 1. The summed E-state index contributed by atoms with van der Waals surface area (Å²) in [5.41, 5.74) is 0. The fourth-order valence-corrected chi connectivity index (χ4v) is 4.17. The Bertz CT molecular complexity index is 487. The van der Waals surface area contributed by atoms with E-state index in [0.29, 0.717) is 12.8 Å². The summed E-state index contributed by atoms with van der Waals surface area (Å²) in [5.74, 6) is -2.31. The van der Waals surface area contributed by atoms with Gasteiger partial charge in [0.25, 0.3) is 20.2 Å². The Hall–Kier alpha value is -0.710. The van der Waals surface area contributed by atoms with E-state index in [9.17, 15) is 21.6 Å². The van der Waals surface area contributed by atoms with E-state index in [0.717, 1.165) is 19.3 Å². The first-order valence-electron chi connectivity index (χ1n) is 6.18. The van der Waals surface area contributed by atoms with Crippen LogP contribution in [-0.4, -0.2) is 41.1 Å². The lowest BCUT2D eigenvalue weighted by Crippen LogP contribution is -2.52. The Labute approximate surface area is 118 Å². The van der Waals surface area contributed by atoms with E-state index in [1.54, 1.807) is 0 Å². The monoisotopic (exact) mass is 332 g/mol. The summed E-state index contributed by atoms with van der Waals surface area (Å²) >= 11 is 0. The Morgan fingerprint density at radius 3 is 1.65 bits per heavy atom. The van der Waals surface area contributed by atoms with Crippen molar-refractivity contribution in [3.63, 3.8) is 0 Å². The smallest absolute Gasteiger partial charge is 0.346 e. The molecule has 0 spiro atoms. The zero-order valence-corrected chi connectivity index (χ0v) is 12.8. The fourth-order valence-electron chi connectivity index (χ4n) is 1.86. The zero-order chi connectivity index (χ0) is 16.0. The number of carboxylic acid groups (broad SMARTS) is 1. The van der Waals surface area contributed by atoms with E-state index in [2.05, 4.69) is 0 Å². The van der Waals surface area contributed by atoms with Crippen LogP contribution in [0.25, 0.3) is 0 Å². The standard InChI is InChI=1S/C10H20O8S2/c1-2-3-4-5-6-7-8-10(9(11)12,19(13,14)15)20(16,17)18/h2-8H2,1H3,(H,11,12)(H,13,14,15)(H,16,17,18). The summed E-state index contributed by atoms with van der Waals surface area (Å²) in [6.45, 7) is 1.99. The van der Waals surface area contributed by atoms with Crippen molar-refractivity contribution in [3.8, 4) is 0 Å². The van der Waals surface area contributed by atoms with Crippen molar-refractivity contribution in [3.05, 3.63) is 0 Å². The molecule has 0 aliphatic heterocycles. The molecule has 0 saturated heterocycles. The third kappa shape index (κ3) is 4.40. The second-order valence-electron chi connectivity index (χ2n) is 4.53. The molecule has 8 nitrogen and oxygen atoms in total. The predicted molar refractivity (Wildman–Crippen MR) is 71.5 cm³/mol. The number of unbranched alkanes of at least 4 members (excludes halogenated alkanes) is 5. The van der Waals surface area contributed by atoms with Crippen molar-refractivity contribution in [1.82, 2.24) is 0 Å². The molecule has 0 rings (SSSR count). The number of carbonyl (C=O) groups is 1. The molecule has 0 radical (unpaired) electrons. The molecule has 0 heterocycles. The largest absolute Gasteiger partial charge is 0.479 e. The molecule has 120 valence electrons. The molecule has 0 bridgehead atoms. The van der Waals surface area contributed by atoms with Crippen LogP contribution in [0.5, 0.6) is 0 Å². The average Bonchev–Trinajstić information content (AvgIpc) is 2.23. The van der Waals surface area contributed by atoms with Crippen LogP contribution in [0.2, 0.25) is 0 Å². The number of carboxylic acids is 1. The van der Waals surface area contributed by atoms with Gasteiger partial charge in [-0.3, -0.25) is 9.11 Å². The molecule has 0 unspecified atom stereocenters. The van der Waals surface area contributed by atoms with Gasteiger partial charge in [-0.1, -0.05) is 39.0 Å². The van der Waals surface area contributed by atoms with Gasteiger partial charge in [-0.25, -0.2) is 4.79 Å². The maximum Gasteiger partial charge on any atom is 0.346 e. The van der Waals surface area contributed by atoms with Crippen LogP contribution in [0.1, 0.15) is 51.9 Å². The van der Waals surface area contributed by atoms with Crippen LogP contribution < -0.4 is 0 Å². The van der Waals surface area contributed by atoms with Crippen molar-refractivity contribution in [2.75, 3.05) is 0 Å². The number of hydrogen-bond acceptors (Lipinski definition) is 5. The van der Waals surface area contributed by atoms with E-state index in [4.69, 9.17) is 14.2 Å². The molecule has 20 heavy (non-hydrogen) atoms. The molecule has 0 saturated carbocycles. The van der Waals surface area contributed by atoms with E-state index in [1.807, 2.05) is 6.92 Å². The van der Waals surface area contributed by atoms with E-state index in [1.165, 1.54) is 0 Å². The third-order valence-corrected chi connectivity index (χ3v) is 6.71. The molecule has 0 amide bonds. The maximum absolute atomic E-state index is 11.1. The highest BCUT2D eigenvalue weighted by molar-refractivity contribution is 8.06. The predicted octanol–water partition coefficient (Wildman–Crippen LogP) is 1.29. The highest BCUT2D eigenvalue weighted by Crippen LogP contribution is 2.30. The second-order valence-corrected chi connectivity index (χ2v) is 8.08. The first kappa shape index (κ1) is 19.3. The topological polar surface area (TPSA) is 146 Å². The molecule has 0 aromatic heterocycles. The summed E-state index contributed by atoms with van der Waals surface area (Å²) in [7, 11) is -11.0. The van der Waals surface area contributed by atoms with Crippen molar-refractivity contribution < 1.29 is 35.8 Å². The van der Waals surface area contributed by atoms with Gasteiger partial charge >= 0.3 is 10.0 Å². The van der Waals surface area contributed by atoms with E-state index < -0.39 is 36.7 Å². The van der Waals surface area contributed by atoms with Crippen LogP contribution in [0.4, 0.5) is 0 Å². The minimum absolute atomic E-state index is 0.0599. The quantitative estimate of drug-likeness (QED) is 0.400. The van der Waals surface area contributed by atoms with Crippen molar-refractivity contribution in [2.24, 2.45) is 0 Å². The molecule has 0 aliphatic rings. The van der Waals surface area contributed by atoms with Gasteiger partial charge in [-0.15, -0.1) is 0 Å². The molecule has 0 atom stereocenters. The van der Waals surface area contributed by atoms with Gasteiger partial charge in [0.1, 0.15) is 0 Å². The zero-order valence-electron chi connectivity index (χ0n) is 11.1. The lowest BCUT2D eigenvalue weighted by molar-refractivity contribution is -0.138. The summed E-state index contributed by atoms with van der Waals surface area (Å²) in [5, 5.41) is 8.86. The normalized spacial score (nSPS) is 13.3. The Kier molecular flexibility index (Phi) is 7.08.